The Morgan fingerprint density at radius 2 is 2.33 bits per heavy atom. The van der Waals surface area contributed by atoms with Crippen LogP contribution < -0.4 is 4.90 Å². The van der Waals surface area contributed by atoms with E-state index in [2.05, 4.69) is 9.88 Å². The summed E-state index contributed by atoms with van der Waals surface area (Å²) < 4.78 is 6.62. The van der Waals surface area contributed by atoms with E-state index in [1.165, 1.54) is 0 Å². The number of carbonyl (C=O) groups is 1. The highest BCUT2D eigenvalue weighted by molar-refractivity contribution is 7.22. The molecule has 3 rings (SSSR count). The molecule has 1 amide bonds. The van der Waals surface area contributed by atoms with Crippen molar-refractivity contribution in [3.8, 4) is 0 Å². The number of anilines is 1. The van der Waals surface area contributed by atoms with Gasteiger partial charge in [0.2, 0.25) is 0 Å². The monoisotopic (exact) mass is 325 g/mol. The van der Waals surface area contributed by atoms with E-state index in [9.17, 15) is 4.79 Å². The Morgan fingerprint density at radius 1 is 1.52 bits per heavy atom. The van der Waals surface area contributed by atoms with E-state index < -0.39 is 6.10 Å². The summed E-state index contributed by atoms with van der Waals surface area (Å²) in [5, 5.41) is 1.54. The molecule has 5 nitrogen and oxygen atoms in total. The number of aromatic nitrogens is 1. The van der Waals surface area contributed by atoms with Crippen LogP contribution in [0.1, 0.15) is 0 Å². The molecule has 0 saturated carbocycles. The molecule has 0 N–H and O–H groups in total. The first-order valence-electron chi connectivity index (χ1n) is 6.69. The van der Waals surface area contributed by atoms with Gasteiger partial charge in [-0.15, -0.1) is 0 Å². The molecule has 1 fully saturated rings. The van der Waals surface area contributed by atoms with Crippen LogP contribution in [0.5, 0.6) is 0 Å². The average molecular weight is 326 g/mol. The number of halogens is 1. The summed E-state index contributed by atoms with van der Waals surface area (Å²) in [7, 11) is 3.48. The lowest BCUT2D eigenvalue weighted by Gasteiger charge is -2.33. The van der Waals surface area contributed by atoms with Crippen LogP contribution in [0.15, 0.2) is 18.2 Å². The quantitative estimate of drug-likeness (QED) is 0.849. The van der Waals surface area contributed by atoms with Gasteiger partial charge in [-0.05, 0) is 12.1 Å². The van der Waals surface area contributed by atoms with Gasteiger partial charge in [0, 0.05) is 20.6 Å². The molecule has 1 unspecified atom stereocenters. The van der Waals surface area contributed by atoms with Gasteiger partial charge in [-0.2, -0.15) is 0 Å². The first kappa shape index (κ1) is 14.6. The van der Waals surface area contributed by atoms with Crippen molar-refractivity contribution in [1.82, 2.24) is 9.88 Å². The summed E-state index contributed by atoms with van der Waals surface area (Å²) in [4.78, 5) is 20.3. The molecule has 1 aromatic carbocycles. The second kappa shape index (κ2) is 5.79. The number of ether oxygens (including phenoxy) is 1. The maximum absolute atomic E-state index is 12.0. The zero-order chi connectivity index (χ0) is 15.0. The Kier molecular flexibility index (Phi) is 4.01. The molecular weight excluding hydrogens is 310 g/mol. The average Bonchev–Trinajstić information content (AvgIpc) is 2.92. The minimum Gasteiger partial charge on any atom is -0.365 e. The minimum atomic E-state index is -0.434. The van der Waals surface area contributed by atoms with Crippen LogP contribution in [-0.4, -0.2) is 55.7 Å². The first-order chi connectivity index (χ1) is 10.1. The molecule has 2 aromatic rings. The molecule has 0 aliphatic carbocycles. The van der Waals surface area contributed by atoms with E-state index in [0.717, 1.165) is 21.9 Å². The number of benzene rings is 1. The molecule has 1 aromatic heterocycles. The smallest absolute Gasteiger partial charge is 0.253 e. The van der Waals surface area contributed by atoms with Gasteiger partial charge in [0.25, 0.3) is 5.91 Å². The lowest BCUT2D eigenvalue weighted by molar-refractivity contribution is -0.141. The van der Waals surface area contributed by atoms with Crippen molar-refractivity contribution in [2.24, 2.45) is 0 Å². The normalized spacial score (nSPS) is 19.0. The largest absolute Gasteiger partial charge is 0.365 e. The Balaban J connectivity index is 1.85. The van der Waals surface area contributed by atoms with Crippen LogP contribution in [0.2, 0.25) is 5.02 Å². The van der Waals surface area contributed by atoms with Gasteiger partial charge < -0.3 is 14.5 Å². The number of thiazole rings is 1. The van der Waals surface area contributed by atoms with E-state index in [1.54, 1.807) is 30.3 Å². The van der Waals surface area contributed by atoms with Crippen molar-refractivity contribution in [3.05, 3.63) is 23.2 Å². The molecule has 0 spiro atoms. The van der Waals surface area contributed by atoms with Gasteiger partial charge >= 0.3 is 0 Å². The molecule has 2 heterocycles. The molecule has 1 aliphatic rings. The maximum Gasteiger partial charge on any atom is 0.253 e. The van der Waals surface area contributed by atoms with Crippen LogP contribution in [0.4, 0.5) is 5.13 Å². The predicted molar refractivity (Wildman–Crippen MR) is 85.3 cm³/mol. The van der Waals surface area contributed by atoms with Crippen LogP contribution >= 0.6 is 22.9 Å². The molecule has 21 heavy (non-hydrogen) atoms. The minimum absolute atomic E-state index is 0.0150. The van der Waals surface area contributed by atoms with Crippen LogP contribution in [0.25, 0.3) is 10.2 Å². The second-order valence-corrected chi connectivity index (χ2v) is 6.54. The van der Waals surface area contributed by atoms with Crippen molar-refractivity contribution >= 4 is 44.2 Å². The van der Waals surface area contributed by atoms with Crippen molar-refractivity contribution in [1.29, 1.82) is 0 Å². The third kappa shape index (κ3) is 2.84. The molecular formula is C14H16ClN3O2S. The number of likely N-dealkylation sites (N-methyl/N-ethyl adjacent to an activating group) is 1. The fraction of sp³-hybridized carbons (Fsp3) is 0.429. The zero-order valence-electron chi connectivity index (χ0n) is 11.9. The first-order valence-corrected chi connectivity index (χ1v) is 7.88. The number of para-hydroxylation sites is 1. The fourth-order valence-corrected chi connectivity index (χ4v) is 3.60. The van der Waals surface area contributed by atoms with Gasteiger partial charge in [-0.3, -0.25) is 4.79 Å². The predicted octanol–water partition coefficient (Wildman–Crippen LogP) is 2.24. The molecule has 112 valence electrons. The summed E-state index contributed by atoms with van der Waals surface area (Å²) >= 11 is 7.76. The van der Waals surface area contributed by atoms with Crippen LogP contribution in [-0.2, 0) is 9.53 Å². The summed E-state index contributed by atoms with van der Waals surface area (Å²) in [6.07, 6.45) is -0.434. The Morgan fingerprint density at radius 3 is 3.05 bits per heavy atom. The molecule has 0 bridgehead atoms. The molecule has 1 aliphatic heterocycles. The van der Waals surface area contributed by atoms with Crippen LogP contribution in [0.3, 0.4) is 0 Å². The van der Waals surface area contributed by atoms with Gasteiger partial charge in [0.15, 0.2) is 11.2 Å². The topological polar surface area (TPSA) is 45.7 Å². The summed E-state index contributed by atoms with van der Waals surface area (Å²) in [5.41, 5.74) is 0.821. The van der Waals surface area contributed by atoms with E-state index in [1.807, 2.05) is 18.2 Å². The molecule has 1 atom stereocenters. The lowest BCUT2D eigenvalue weighted by atomic mass is 10.2. The molecule has 0 radical (unpaired) electrons. The van der Waals surface area contributed by atoms with E-state index in [4.69, 9.17) is 16.3 Å². The number of amides is 1. The van der Waals surface area contributed by atoms with E-state index in [-0.39, 0.29) is 5.91 Å². The Hall–Kier alpha value is -1.37. The van der Waals surface area contributed by atoms with Gasteiger partial charge in [0.1, 0.15) is 5.52 Å². The lowest BCUT2D eigenvalue weighted by Crippen LogP contribution is -2.49. The van der Waals surface area contributed by atoms with Gasteiger partial charge in [-0.1, -0.05) is 29.0 Å². The van der Waals surface area contributed by atoms with Crippen molar-refractivity contribution in [2.75, 3.05) is 38.7 Å². The van der Waals surface area contributed by atoms with Crippen molar-refractivity contribution in [3.63, 3.8) is 0 Å². The number of hydrogen-bond acceptors (Lipinski definition) is 5. The fourth-order valence-electron chi connectivity index (χ4n) is 2.30. The third-order valence-electron chi connectivity index (χ3n) is 3.41. The summed E-state index contributed by atoms with van der Waals surface area (Å²) in [6.45, 7) is 1.77. The van der Waals surface area contributed by atoms with Crippen LogP contribution in [0, 0.1) is 0 Å². The third-order valence-corrected chi connectivity index (χ3v) is 4.80. The zero-order valence-corrected chi connectivity index (χ0v) is 13.4. The van der Waals surface area contributed by atoms with E-state index >= 15 is 0 Å². The number of carbonyl (C=O) groups excluding carboxylic acids is 1. The molecule has 7 heteroatoms. The second-order valence-electron chi connectivity index (χ2n) is 5.12. The SMILES string of the molecule is CN(C)C(=O)C1CN(c2nc3c(Cl)cccc3s2)CCO1. The standard InChI is InChI=1S/C14H16ClN3O2S/c1-17(2)13(19)10-8-18(6-7-20-10)14-16-12-9(15)4-3-5-11(12)21-14/h3-5,10H,6-8H2,1-2H3. The maximum atomic E-state index is 12.0. The van der Waals surface area contributed by atoms with Gasteiger partial charge in [-0.25, -0.2) is 4.98 Å². The number of hydrogen-bond donors (Lipinski definition) is 0. The Labute approximate surface area is 132 Å². The summed E-state index contributed by atoms with van der Waals surface area (Å²) in [5.74, 6) is -0.0150. The van der Waals surface area contributed by atoms with Crippen molar-refractivity contribution in [2.45, 2.75) is 6.10 Å². The molecule has 1 saturated heterocycles. The number of morpholine rings is 1. The number of nitrogens with zero attached hydrogens (tertiary/aromatic N) is 3. The van der Waals surface area contributed by atoms with Gasteiger partial charge in [0.05, 0.1) is 22.9 Å². The van der Waals surface area contributed by atoms with E-state index in [0.29, 0.717) is 18.2 Å². The summed E-state index contributed by atoms with van der Waals surface area (Å²) in [6, 6.07) is 5.76. The highest BCUT2D eigenvalue weighted by Crippen LogP contribution is 2.33. The highest BCUT2D eigenvalue weighted by atomic mass is 35.5. The number of rotatable bonds is 2. The Bertz CT molecular complexity index is 673. The highest BCUT2D eigenvalue weighted by Gasteiger charge is 2.29. The van der Waals surface area contributed by atoms with Crippen molar-refractivity contribution < 1.29 is 9.53 Å². The number of fused-ring (bicyclic) bond motifs is 1.